The highest BCUT2D eigenvalue weighted by atomic mass is 35.5. The summed E-state index contributed by atoms with van der Waals surface area (Å²) < 4.78 is 47.9. The van der Waals surface area contributed by atoms with E-state index in [0.29, 0.717) is 16.8 Å². The molecule has 37 heavy (non-hydrogen) atoms. The SMILES string of the molecule is CC1(F)CC(C(=O)Oc2ccc(-c3ccc(F)cc3F)cc2C(=O)Nc2ccc(Cl)cc2)=C(Cl)N=C1Cl. The molecule has 3 aromatic carbocycles. The van der Waals surface area contributed by atoms with Crippen molar-refractivity contribution in [3.63, 3.8) is 0 Å². The van der Waals surface area contributed by atoms with E-state index in [0.717, 1.165) is 13.0 Å². The number of hydrogen-bond donors (Lipinski definition) is 1. The Labute approximate surface area is 224 Å². The topological polar surface area (TPSA) is 67.8 Å². The zero-order valence-electron chi connectivity index (χ0n) is 18.9. The van der Waals surface area contributed by atoms with E-state index in [1.165, 1.54) is 24.3 Å². The number of rotatable bonds is 5. The molecule has 1 heterocycles. The van der Waals surface area contributed by atoms with Gasteiger partial charge in [-0.1, -0.05) is 40.9 Å². The van der Waals surface area contributed by atoms with Gasteiger partial charge in [0.2, 0.25) is 0 Å². The Kier molecular flexibility index (Phi) is 7.64. The van der Waals surface area contributed by atoms with Crippen molar-refractivity contribution in [2.75, 3.05) is 5.32 Å². The minimum Gasteiger partial charge on any atom is -0.422 e. The number of anilines is 1. The zero-order chi connectivity index (χ0) is 26.9. The van der Waals surface area contributed by atoms with Crippen molar-refractivity contribution in [1.29, 1.82) is 0 Å². The molecule has 1 aliphatic rings. The minimum absolute atomic E-state index is 0.00928. The van der Waals surface area contributed by atoms with Crippen molar-refractivity contribution in [3.8, 4) is 16.9 Å². The third-order valence-corrected chi connectivity index (χ3v) is 6.44. The second-order valence-electron chi connectivity index (χ2n) is 8.23. The van der Waals surface area contributed by atoms with Gasteiger partial charge in [-0.15, -0.1) is 0 Å². The largest absolute Gasteiger partial charge is 0.422 e. The molecule has 190 valence electrons. The third-order valence-electron chi connectivity index (χ3n) is 5.40. The van der Waals surface area contributed by atoms with Crippen LogP contribution in [0.15, 0.2) is 76.4 Å². The minimum atomic E-state index is -2.15. The van der Waals surface area contributed by atoms with Gasteiger partial charge in [0.15, 0.2) is 5.67 Å². The van der Waals surface area contributed by atoms with Crippen LogP contribution in [0.4, 0.5) is 18.9 Å². The highest BCUT2D eigenvalue weighted by molar-refractivity contribution is 6.68. The van der Waals surface area contributed by atoms with Gasteiger partial charge in [-0.05, 0) is 61.0 Å². The summed E-state index contributed by atoms with van der Waals surface area (Å²) in [6.07, 6.45) is -0.502. The summed E-state index contributed by atoms with van der Waals surface area (Å²) in [5.74, 6) is -3.61. The molecular formula is C26H16Cl3F3N2O3. The second kappa shape index (κ2) is 10.6. The molecule has 0 saturated carbocycles. The number of ether oxygens (including phenoxy) is 1. The van der Waals surface area contributed by atoms with Crippen LogP contribution in [0.5, 0.6) is 5.75 Å². The molecule has 5 nitrogen and oxygen atoms in total. The van der Waals surface area contributed by atoms with Crippen molar-refractivity contribution in [1.82, 2.24) is 0 Å². The van der Waals surface area contributed by atoms with E-state index in [1.807, 2.05) is 0 Å². The lowest BCUT2D eigenvalue weighted by Gasteiger charge is -2.24. The molecule has 1 atom stereocenters. The fourth-order valence-electron chi connectivity index (χ4n) is 3.49. The molecule has 0 fully saturated rings. The molecule has 0 radical (unpaired) electrons. The highest BCUT2D eigenvalue weighted by Crippen LogP contribution is 2.36. The maximum absolute atomic E-state index is 14.7. The number of hydrogen-bond acceptors (Lipinski definition) is 4. The van der Waals surface area contributed by atoms with Gasteiger partial charge in [-0.25, -0.2) is 23.0 Å². The number of nitrogens with zero attached hydrogens (tertiary/aromatic N) is 1. The number of amides is 1. The fraction of sp³-hybridized carbons (Fsp3) is 0.115. The molecule has 1 unspecified atom stereocenters. The number of benzene rings is 3. The molecule has 0 spiro atoms. The van der Waals surface area contributed by atoms with Gasteiger partial charge in [0.05, 0.1) is 11.1 Å². The fourth-order valence-corrected chi connectivity index (χ4v) is 4.03. The Morgan fingerprint density at radius 1 is 1.00 bits per heavy atom. The van der Waals surface area contributed by atoms with E-state index in [1.54, 1.807) is 24.3 Å². The molecule has 0 saturated heterocycles. The molecule has 0 aliphatic carbocycles. The van der Waals surface area contributed by atoms with Gasteiger partial charge in [0, 0.05) is 28.8 Å². The van der Waals surface area contributed by atoms with Crippen LogP contribution >= 0.6 is 34.8 Å². The van der Waals surface area contributed by atoms with E-state index in [4.69, 9.17) is 39.5 Å². The Hall–Kier alpha value is -3.33. The Balaban J connectivity index is 1.73. The van der Waals surface area contributed by atoms with Crippen molar-refractivity contribution < 1.29 is 27.5 Å². The van der Waals surface area contributed by atoms with Crippen molar-refractivity contribution in [2.24, 2.45) is 4.99 Å². The van der Waals surface area contributed by atoms with Crippen LogP contribution in [-0.4, -0.2) is 22.7 Å². The summed E-state index contributed by atoms with van der Waals surface area (Å²) in [4.78, 5) is 29.7. The maximum Gasteiger partial charge on any atom is 0.342 e. The van der Waals surface area contributed by atoms with Crippen LogP contribution in [0.1, 0.15) is 23.7 Å². The zero-order valence-corrected chi connectivity index (χ0v) is 21.2. The average Bonchev–Trinajstić information content (AvgIpc) is 2.83. The third kappa shape index (κ3) is 5.98. The van der Waals surface area contributed by atoms with Crippen molar-refractivity contribution in [2.45, 2.75) is 19.0 Å². The Morgan fingerprint density at radius 2 is 1.70 bits per heavy atom. The summed E-state index contributed by atoms with van der Waals surface area (Å²) >= 11 is 17.7. The first kappa shape index (κ1) is 26.7. The monoisotopic (exact) mass is 566 g/mol. The van der Waals surface area contributed by atoms with Gasteiger partial charge in [0.25, 0.3) is 5.91 Å². The summed E-state index contributed by atoms with van der Waals surface area (Å²) in [5.41, 5.74) is -2.00. The standard InChI is InChI=1S/C26H16Cl3F3N2O3/c1-26(32)12-19(22(28)34-25(26)29)24(36)37-21-9-2-13(17-8-5-15(30)11-20(17)31)10-18(21)23(35)33-16-6-3-14(27)4-7-16/h2-11H,12H2,1H3,(H,33,35). The number of nitrogens with one attached hydrogen (secondary N) is 1. The lowest BCUT2D eigenvalue weighted by Crippen LogP contribution is -2.32. The van der Waals surface area contributed by atoms with E-state index in [9.17, 15) is 22.8 Å². The van der Waals surface area contributed by atoms with Crippen molar-refractivity contribution in [3.05, 3.63) is 93.6 Å². The van der Waals surface area contributed by atoms with Crippen LogP contribution < -0.4 is 10.1 Å². The molecule has 1 N–H and O–H groups in total. The summed E-state index contributed by atoms with van der Waals surface area (Å²) in [7, 11) is 0. The smallest absolute Gasteiger partial charge is 0.342 e. The van der Waals surface area contributed by atoms with E-state index >= 15 is 0 Å². The van der Waals surface area contributed by atoms with Crippen LogP contribution in [0.25, 0.3) is 11.1 Å². The lowest BCUT2D eigenvalue weighted by molar-refractivity contribution is -0.130. The number of halogens is 6. The van der Waals surface area contributed by atoms with Crippen LogP contribution in [-0.2, 0) is 4.79 Å². The number of aliphatic imine (C=N–C) groups is 1. The van der Waals surface area contributed by atoms with Gasteiger partial charge in [0.1, 0.15) is 27.7 Å². The number of carbonyl (C=O) groups is 2. The first-order chi connectivity index (χ1) is 17.4. The van der Waals surface area contributed by atoms with Crippen LogP contribution in [0, 0.1) is 11.6 Å². The molecule has 3 aromatic rings. The molecule has 1 aliphatic heterocycles. The molecule has 4 rings (SSSR count). The summed E-state index contributed by atoms with van der Waals surface area (Å²) in [6.45, 7) is 1.13. The van der Waals surface area contributed by atoms with Crippen LogP contribution in [0.3, 0.4) is 0 Å². The number of carbonyl (C=O) groups excluding carboxylic acids is 2. The van der Waals surface area contributed by atoms with Crippen LogP contribution in [0.2, 0.25) is 5.02 Å². The van der Waals surface area contributed by atoms with Gasteiger partial charge >= 0.3 is 5.97 Å². The number of esters is 1. The highest BCUT2D eigenvalue weighted by Gasteiger charge is 2.38. The molecule has 11 heteroatoms. The van der Waals surface area contributed by atoms with E-state index in [2.05, 4.69) is 10.3 Å². The molecular weight excluding hydrogens is 552 g/mol. The summed E-state index contributed by atoms with van der Waals surface area (Å²) in [5, 5.41) is 2.32. The number of alkyl halides is 1. The second-order valence-corrected chi connectivity index (χ2v) is 9.38. The average molecular weight is 568 g/mol. The van der Waals surface area contributed by atoms with Gasteiger partial charge < -0.3 is 10.1 Å². The lowest BCUT2D eigenvalue weighted by atomic mass is 9.97. The predicted octanol–water partition coefficient (Wildman–Crippen LogP) is 7.66. The Bertz CT molecular complexity index is 1470. The quantitative estimate of drug-likeness (QED) is 0.195. The van der Waals surface area contributed by atoms with Gasteiger partial charge in [-0.3, -0.25) is 4.79 Å². The van der Waals surface area contributed by atoms with Gasteiger partial charge in [-0.2, -0.15) is 0 Å². The normalized spacial score (nSPS) is 17.3. The molecule has 0 aromatic heterocycles. The first-order valence-electron chi connectivity index (χ1n) is 10.7. The predicted molar refractivity (Wildman–Crippen MR) is 137 cm³/mol. The van der Waals surface area contributed by atoms with Crippen molar-refractivity contribution >= 4 is 57.5 Å². The maximum atomic E-state index is 14.7. The first-order valence-corrected chi connectivity index (χ1v) is 11.8. The molecule has 0 bridgehead atoms. The summed E-state index contributed by atoms with van der Waals surface area (Å²) in [6, 6.07) is 13.1. The molecule has 1 amide bonds. The van der Waals surface area contributed by atoms with E-state index in [-0.39, 0.29) is 33.2 Å². The Morgan fingerprint density at radius 3 is 2.38 bits per heavy atom. The van der Waals surface area contributed by atoms with E-state index < -0.39 is 40.8 Å².